The standard InChI is InChI=1S/C25H30ClN5O2.C2HF3O2/c1-2-24(32)28-11-4-14-30-13-3-5-20(30)17-31-25(33)21-10-12-27-16-22(21)23(29-31)15-18-6-8-19(26)9-7-18;3-2(4,5)1(6)7/h6-10,12,16,20H,2-5,11,13-15,17H2,1H3,(H,28,32);(H,6,7)/t20-;/m1./s1. The van der Waals surface area contributed by atoms with Gasteiger partial charge in [0.15, 0.2) is 0 Å². The van der Waals surface area contributed by atoms with Gasteiger partial charge in [-0.15, -0.1) is 0 Å². The van der Waals surface area contributed by atoms with Gasteiger partial charge in [0.05, 0.1) is 17.6 Å². The molecule has 1 aliphatic heterocycles. The first-order valence-corrected chi connectivity index (χ1v) is 13.3. The van der Waals surface area contributed by atoms with Crippen LogP contribution in [0.15, 0.2) is 47.5 Å². The van der Waals surface area contributed by atoms with Gasteiger partial charge in [-0.05, 0) is 49.6 Å². The molecule has 0 aliphatic carbocycles. The van der Waals surface area contributed by atoms with Crippen LogP contribution < -0.4 is 10.9 Å². The zero-order valence-corrected chi connectivity index (χ0v) is 22.7. The number of aromatic nitrogens is 3. The number of fused-ring (bicyclic) bond motifs is 1. The molecule has 3 heterocycles. The van der Waals surface area contributed by atoms with Crippen molar-refractivity contribution in [3.8, 4) is 0 Å². The van der Waals surface area contributed by atoms with Crippen molar-refractivity contribution in [1.29, 1.82) is 0 Å². The summed E-state index contributed by atoms with van der Waals surface area (Å²) < 4.78 is 33.4. The highest BCUT2D eigenvalue weighted by molar-refractivity contribution is 6.30. The fourth-order valence-electron chi connectivity index (χ4n) is 4.48. The van der Waals surface area contributed by atoms with Crippen molar-refractivity contribution in [1.82, 2.24) is 25.0 Å². The second-order valence-electron chi connectivity index (χ2n) is 9.35. The number of carboxylic acid groups (broad SMARTS) is 1. The first-order chi connectivity index (χ1) is 19.0. The Morgan fingerprint density at radius 1 is 1.18 bits per heavy atom. The molecule has 0 spiro atoms. The maximum absolute atomic E-state index is 13.2. The molecule has 0 bridgehead atoms. The number of carbonyl (C=O) groups is 2. The van der Waals surface area contributed by atoms with Crippen LogP contribution in [0.2, 0.25) is 5.02 Å². The van der Waals surface area contributed by atoms with Crippen LogP contribution in [0.4, 0.5) is 13.2 Å². The summed E-state index contributed by atoms with van der Waals surface area (Å²) in [5, 5.41) is 17.0. The lowest BCUT2D eigenvalue weighted by molar-refractivity contribution is -0.192. The van der Waals surface area contributed by atoms with Crippen LogP contribution in [0.3, 0.4) is 0 Å². The topological polar surface area (TPSA) is 117 Å². The van der Waals surface area contributed by atoms with Gasteiger partial charge in [-0.2, -0.15) is 18.3 Å². The third-order valence-electron chi connectivity index (χ3n) is 6.51. The van der Waals surface area contributed by atoms with E-state index in [2.05, 4.69) is 15.2 Å². The molecule has 0 saturated carbocycles. The van der Waals surface area contributed by atoms with Gasteiger partial charge in [-0.25, -0.2) is 9.48 Å². The SMILES string of the molecule is CCC(=O)NCCCN1CCC[C@@H]1Cn1nc(Cc2ccc(Cl)cc2)c2cnccc2c1=O.O=C(O)C(F)(F)F. The molecular formula is C27H31ClF3N5O4. The smallest absolute Gasteiger partial charge is 0.475 e. The maximum atomic E-state index is 13.2. The predicted molar refractivity (Wildman–Crippen MR) is 144 cm³/mol. The highest BCUT2D eigenvalue weighted by Crippen LogP contribution is 2.21. The third kappa shape index (κ3) is 8.75. The summed E-state index contributed by atoms with van der Waals surface area (Å²) in [6, 6.07) is 9.75. The Hall–Kier alpha value is -3.51. The van der Waals surface area contributed by atoms with Gasteiger partial charge in [0.1, 0.15) is 0 Å². The monoisotopic (exact) mass is 581 g/mol. The predicted octanol–water partition coefficient (Wildman–Crippen LogP) is 4.05. The van der Waals surface area contributed by atoms with Crippen LogP contribution in [0.25, 0.3) is 10.8 Å². The molecule has 1 aromatic carbocycles. The molecule has 0 radical (unpaired) electrons. The highest BCUT2D eigenvalue weighted by atomic mass is 35.5. The number of halogens is 4. The van der Waals surface area contributed by atoms with Gasteiger partial charge in [-0.1, -0.05) is 30.7 Å². The molecular weight excluding hydrogens is 551 g/mol. The number of alkyl halides is 3. The van der Waals surface area contributed by atoms with Crippen LogP contribution in [-0.2, 0) is 22.6 Å². The number of carbonyl (C=O) groups excluding carboxylic acids is 1. The van der Waals surface area contributed by atoms with Crippen LogP contribution in [0.5, 0.6) is 0 Å². The van der Waals surface area contributed by atoms with E-state index in [0.717, 1.165) is 49.0 Å². The lowest BCUT2D eigenvalue weighted by atomic mass is 10.1. The Morgan fingerprint density at radius 3 is 2.52 bits per heavy atom. The average molecular weight is 582 g/mol. The number of benzene rings is 1. The normalized spacial score (nSPS) is 15.5. The lowest BCUT2D eigenvalue weighted by Gasteiger charge is -2.25. The zero-order chi connectivity index (χ0) is 29.3. The number of nitrogens with one attached hydrogen (secondary N) is 1. The molecule has 216 valence electrons. The van der Waals surface area contributed by atoms with Gasteiger partial charge in [0.25, 0.3) is 5.56 Å². The van der Waals surface area contributed by atoms with Gasteiger partial charge >= 0.3 is 12.1 Å². The summed E-state index contributed by atoms with van der Waals surface area (Å²) in [6.45, 7) is 5.01. The zero-order valence-electron chi connectivity index (χ0n) is 22.0. The fraction of sp³-hybridized carbons (Fsp3) is 0.444. The number of carboxylic acids is 1. The second-order valence-corrected chi connectivity index (χ2v) is 9.79. The molecule has 1 aliphatic rings. The van der Waals surface area contributed by atoms with Crippen molar-refractivity contribution in [2.24, 2.45) is 0 Å². The molecule has 2 N–H and O–H groups in total. The maximum Gasteiger partial charge on any atom is 0.490 e. The lowest BCUT2D eigenvalue weighted by Crippen LogP contribution is -2.39. The Morgan fingerprint density at radius 2 is 1.88 bits per heavy atom. The first-order valence-electron chi connectivity index (χ1n) is 12.9. The molecule has 3 aromatic rings. The van der Waals surface area contributed by atoms with Gasteiger partial charge in [0.2, 0.25) is 5.91 Å². The van der Waals surface area contributed by atoms with Crippen molar-refractivity contribution in [3.63, 3.8) is 0 Å². The van der Waals surface area contributed by atoms with E-state index in [4.69, 9.17) is 26.6 Å². The average Bonchev–Trinajstić information content (AvgIpc) is 3.37. The van der Waals surface area contributed by atoms with Gasteiger partial charge in [0, 0.05) is 54.8 Å². The Kier molecular flexibility index (Phi) is 11.0. The van der Waals surface area contributed by atoms with E-state index in [1.807, 2.05) is 31.2 Å². The second kappa shape index (κ2) is 14.2. The van der Waals surface area contributed by atoms with Crippen LogP contribution >= 0.6 is 11.6 Å². The van der Waals surface area contributed by atoms with Gasteiger partial charge in [-0.3, -0.25) is 19.5 Å². The number of hydrogen-bond acceptors (Lipinski definition) is 6. The van der Waals surface area contributed by atoms with Crippen molar-refractivity contribution in [3.05, 3.63) is 69.4 Å². The number of pyridine rings is 1. The molecule has 1 saturated heterocycles. The summed E-state index contributed by atoms with van der Waals surface area (Å²) >= 11 is 6.04. The molecule has 40 heavy (non-hydrogen) atoms. The number of likely N-dealkylation sites (tertiary alicyclic amines) is 1. The molecule has 1 atom stereocenters. The quantitative estimate of drug-likeness (QED) is 0.366. The summed E-state index contributed by atoms with van der Waals surface area (Å²) in [7, 11) is 0. The van der Waals surface area contributed by atoms with Crippen LogP contribution in [-0.4, -0.2) is 68.5 Å². The van der Waals surface area contributed by atoms with Gasteiger partial charge < -0.3 is 10.4 Å². The summed E-state index contributed by atoms with van der Waals surface area (Å²) in [4.78, 5) is 40.2. The Balaban J connectivity index is 0.000000559. The highest BCUT2D eigenvalue weighted by Gasteiger charge is 2.38. The number of nitrogens with zero attached hydrogens (tertiary/aromatic N) is 4. The van der Waals surface area contributed by atoms with Crippen LogP contribution in [0, 0.1) is 0 Å². The summed E-state index contributed by atoms with van der Waals surface area (Å²) in [5.74, 6) is -2.67. The van der Waals surface area contributed by atoms with Crippen LogP contribution in [0.1, 0.15) is 43.9 Å². The van der Waals surface area contributed by atoms with E-state index in [1.165, 1.54) is 0 Å². The van der Waals surface area contributed by atoms with E-state index in [1.54, 1.807) is 23.1 Å². The summed E-state index contributed by atoms with van der Waals surface area (Å²) in [6.07, 6.45) is 2.46. The summed E-state index contributed by atoms with van der Waals surface area (Å²) in [5.41, 5.74) is 1.85. The number of amides is 1. The molecule has 13 heteroatoms. The largest absolute Gasteiger partial charge is 0.490 e. The first kappa shape index (κ1) is 31.0. The van der Waals surface area contributed by atoms with Crippen molar-refractivity contribution >= 4 is 34.2 Å². The molecule has 2 aromatic heterocycles. The molecule has 0 unspecified atom stereocenters. The number of rotatable bonds is 9. The van der Waals surface area contributed by atoms with E-state index in [-0.39, 0.29) is 17.5 Å². The Bertz CT molecular complexity index is 1370. The third-order valence-corrected chi connectivity index (χ3v) is 6.77. The fourth-order valence-corrected chi connectivity index (χ4v) is 4.60. The Labute approximate surface area is 234 Å². The minimum Gasteiger partial charge on any atom is -0.475 e. The molecule has 1 fully saturated rings. The molecule has 4 rings (SSSR count). The van der Waals surface area contributed by atoms with Crippen molar-refractivity contribution < 1.29 is 27.9 Å². The molecule has 9 nitrogen and oxygen atoms in total. The minimum absolute atomic E-state index is 0.0747. The van der Waals surface area contributed by atoms with Crippen molar-refractivity contribution in [2.75, 3.05) is 19.6 Å². The van der Waals surface area contributed by atoms with E-state index in [0.29, 0.717) is 36.3 Å². The minimum atomic E-state index is -5.08. The molecule has 1 amide bonds. The van der Waals surface area contributed by atoms with E-state index < -0.39 is 12.1 Å². The number of aliphatic carboxylic acids is 1. The van der Waals surface area contributed by atoms with Crippen molar-refractivity contribution in [2.45, 2.75) is 57.8 Å². The number of hydrogen-bond donors (Lipinski definition) is 2. The van der Waals surface area contributed by atoms with E-state index in [9.17, 15) is 22.8 Å². The van der Waals surface area contributed by atoms with E-state index >= 15 is 0 Å².